The highest BCUT2D eigenvalue weighted by molar-refractivity contribution is 6.02. The van der Waals surface area contributed by atoms with E-state index >= 15 is 13.2 Å². The summed E-state index contributed by atoms with van der Waals surface area (Å²) in [5.41, 5.74) is 0.300. The lowest BCUT2D eigenvalue weighted by Crippen LogP contribution is -2.49. The van der Waals surface area contributed by atoms with Gasteiger partial charge in [0.15, 0.2) is 5.82 Å². The molecule has 3 saturated heterocycles. The number of imide groups is 1. The topological polar surface area (TPSA) is 156 Å². The van der Waals surface area contributed by atoms with Gasteiger partial charge in [-0.25, -0.2) is 13.2 Å². The molecular formula is C45H49F3N8O5. The minimum Gasteiger partial charge on any atom is -0.508 e. The van der Waals surface area contributed by atoms with Crippen LogP contribution in [0.1, 0.15) is 57.9 Å². The highest BCUT2D eigenvalue weighted by Crippen LogP contribution is 2.47. The van der Waals surface area contributed by atoms with Crippen LogP contribution in [-0.4, -0.2) is 106 Å². The number of halogens is 3. The van der Waals surface area contributed by atoms with Crippen LogP contribution in [0.15, 0.2) is 48.7 Å². The second-order valence-corrected chi connectivity index (χ2v) is 17.4. The lowest BCUT2D eigenvalue weighted by molar-refractivity contribution is -0.133. The number of hydrogen-bond acceptors (Lipinski definition) is 12. The number of pyridine rings is 1. The predicted octanol–water partition coefficient (Wildman–Crippen LogP) is 6.08. The molecule has 1 aliphatic carbocycles. The Morgan fingerprint density at radius 2 is 1.77 bits per heavy atom. The summed E-state index contributed by atoms with van der Waals surface area (Å²) in [5.74, 6) is -2.02. The maximum Gasteiger partial charge on any atom is 0.319 e. The first-order chi connectivity index (χ1) is 29.3. The Morgan fingerprint density at radius 1 is 0.967 bits per heavy atom. The number of aryl methyl sites for hydroxylation is 1. The molecule has 5 aromatic rings. The van der Waals surface area contributed by atoms with Crippen LogP contribution in [0.25, 0.3) is 32.9 Å². The van der Waals surface area contributed by atoms with Gasteiger partial charge in [-0.15, -0.1) is 0 Å². The molecule has 2 atom stereocenters. The molecular weight excluding hydrogens is 790 g/mol. The van der Waals surface area contributed by atoms with Gasteiger partial charge < -0.3 is 30.1 Å². The molecule has 1 saturated carbocycles. The average molecular weight is 839 g/mol. The van der Waals surface area contributed by atoms with Crippen molar-refractivity contribution in [3.05, 3.63) is 71.7 Å². The van der Waals surface area contributed by atoms with E-state index < -0.39 is 35.0 Å². The van der Waals surface area contributed by atoms with Crippen molar-refractivity contribution in [2.24, 2.45) is 5.41 Å². The van der Waals surface area contributed by atoms with E-state index in [1.807, 2.05) is 16.7 Å². The van der Waals surface area contributed by atoms with Gasteiger partial charge in [0.2, 0.25) is 11.8 Å². The number of β-amino-alcohol motifs (C(OH)–C–C–N with tert-alkyl or cyclic N) is 1. The molecule has 13 nitrogen and oxygen atoms in total. The molecule has 4 fully saturated rings. The van der Waals surface area contributed by atoms with E-state index in [0.717, 1.165) is 19.4 Å². The number of amides is 2. The Balaban J connectivity index is 0.929. The Hall–Kier alpha value is -5.74. The number of phenols is 1. The van der Waals surface area contributed by atoms with Gasteiger partial charge in [0.05, 0.1) is 23.3 Å². The quantitative estimate of drug-likeness (QED) is 0.114. The van der Waals surface area contributed by atoms with Gasteiger partial charge >= 0.3 is 6.01 Å². The molecule has 320 valence electrons. The zero-order valence-electron chi connectivity index (χ0n) is 34.2. The van der Waals surface area contributed by atoms with Crippen LogP contribution in [0, 0.1) is 22.9 Å². The van der Waals surface area contributed by atoms with E-state index in [1.54, 1.807) is 25.1 Å². The number of fused-ring (bicyclic) bond motifs is 2. The monoisotopic (exact) mass is 838 g/mol. The maximum atomic E-state index is 17.0. The Morgan fingerprint density at radius 3 is 2.49 bits per heavy atom. The number of carbonyl (C=O) groups excluding carboxylic acids is 2. The normalized spacial score (nSPS) is 21.8. The van der Waals surface area contributed by atoms with Crippen LogP contribution >= 0.6 is 0 Å². The Bertz CT molecular complexity index is 2540. The number of piperidine rings is 2. The zero-order valence-corrected chi connectivity index (χ0v) is 34.2. The van der Waals surface area contributed by atoms with Crippen LogP contribution < -0.4 is 25.2 Å². The summed E-state index contributed by atoms with van der Waals surface area (Å²) in [4.78, 5) is 43.9. The van der Waals surface area contributed by atoms with Gasteiger partial charge in [-0.2, -0.15) is 9.97 Å². The molecule has 2 amide bonds. The van der Waals surface area contributed by atoms with Crippen LogP contribution in [0.2, 0.25) is 0 Å². The van der Waals surface area contributed by atoms with Crippen molar-refractivity contribution < 1.29 is 37.7 Å². The first-order valence-corrected chi connectivity index (χ1v) is 21.1. The fraction of sp³-hybridized carbons (Fsp3) is 0.444. The number of aromatic hydroxyl groups is 1. The number of benzene rings is 3. The predicted molar refractivity (Wildman–Crippen MR) is 225 cm³/mol. The summed E-state index contributed by atoms with van der Waals surface area (Å²) in [6.45, 7) is 8.10. The highest BCUT2D eigenvalue weighted by Gasteiger charge is 2.45. The van der Waals surface area contributed by atoms with Crippen LogP contribution in [0.4, 0.5) is 30.4 Å². The maximum absolute atomic E-state index is 17.0. The summed E-state index contributed by atoms with van der Waals surface area (Å²) in [5, 5.41) is 28.4. The van der Waals surface area contributed by atoms with E-state index in [4.69, 9.17) is 9.72 Å². The van der Waals surface area contributed by atoms with Gasteiger partial charge in [0.1, 0.15) is 40.5 Å². The number of phenolic OH excluding ortho intramolecular Hbond substituents is 1. The molecule has 0 bridgehead atoms. The number of carbonyl (C=O) groups is 2. The number of anilines is 3. The van der Waals surface area contributed by atoms with Gasteiger partial charge in [0, 0.05) is 75.1 Å². The second kappa shape index (κ2) is 15.9. The van der Waals surface area contributed by atoms with Gasteiger partial charge in [0.25, 0.3) is 0 Å². The van der Waals surface area contributed by atoms with Crippen LogP contribution in [0.5, 0.6) is 11.8 Å². The third-order valence-electron chi connectivity index (χ3n) is 12.6. The van der Waals surface area contributed by atoms with Crippen molar-refractivity contribution in [3.8, 4) is 23.0 Å². The number of ether oxygens (including phenoxy) is 1. The fourth-order valence-corrected chi connectivity index (χ4v) is 9.20. The van der Waals surface area contributed by atoms with Crippen LogP contribution in [0.3, 0.4) is 0 Å². The van der Waals surface area contributed by atoms with Crippen LogP contribution in [-0.2, 0) is 16.0 Å². The molecule has 3 aliphatic heterocycles. The summed E-state index contributed by atoms with van der Waals surface area (Å²) in [6.07, 6.45) is 5.55. The molecule has 0 spiro atoms. The summed E-state index contributed by atoms with van der Waals surface area (Å²) < 4.78 is 53.9. The van der Waals surface area contributed by atoms with E-state index in [-0.39, 0.29) is 52.8 Å². The third-order valence-corrected chi connectivity index (χ3v) is 12.6. The van der Waals surface area contributed by atoms with E-state index in [0.29, 0.717) is 104 Å². The number of piperazine rings is 1. The Labute approximate surface area is 350 Å². The minimum atomic E-state index is -0.990. The lowest BCUT2D eigenvalue weighted by Gasteiger charge is -2.38. The van der Waals surface area contributed by atoms with Gasteiger partial charge in [-0.1, -0.05) is 13.0 Å². The largest absolute Gasteiger partial charge is 0.508 e. The number of rotatable bonds is 11. The van der Waals surface area contributed by atoms with Crippen molar-refractivity contribution in [2.45, 2.75) is 70.4 Å². The molecule has 0 radical (unpaired) electrons. The van der Waals surface area contributed by atoms with Crippen molar-refractivity contribution in [3.63, 3.8) is 0 Å². The van der Waals surface area contributed by atoms with E-state index in [2.05, 4.69) is 25.5 Å². The Kier molecular flexibility index (Phi) is 10.6. The molecule has 16 heteroatoms. The SMILES string of the molecule is CCc1c(F)ccc2cc(O)cc(-c3ncc4c(N5CCC[C@@](C)(O)C5)nc(OCC5(CN6CCN(c7ccc(NC8CCC(=O)NC8=O)cc7F)CC6)CC5)nc4c3F)c12. The number of aliphatic hydroxyl groups is 1. The fourth-order valence-electron chi connectivity index (χ4n) is 9.20. The standard InChI is InChI=1S/C45H49F3N8O5/c1-3-29-32(46)7-5-26-19-28(57)21-30(37(26)29)39-38(48)40-31(22-49-39)41(56-14-4-11-44(2,60)23-56)53-43(52-40)61-25-45(12-13-45)24-54-15-17-55(18-16-54)35-9-6-27(20-33(35)47)50-34-8-10-36(58)51-42(34)59/h5-7,9,19-22,34,50,57,60H,3-4,8,10-18,23-25H2,1-2H3,(H,51,58,59)/t34?,44-/m1/s1. The molecule has 61 heavy (non-hydrogen) atoms. The third kappa shape index (κ3) is 8.22. The molecule has 9 rings (SSSR count). The van der Waals surface area contributed by atoms with Crippen molar-refractivity contribution in [1.82, 2.24) is 25.2 Å². The molecule has 2 aromatic heterocycles. The summed E-state index contributed by atoms with van der Waals surface area (Å²) in [6, 6.07) is 10.1. The van der Waals surface area contributed by atoms with E-state index in [9.17, 15) is 19.8 Å². The van der Waals surface area contributed by atoms with E-state index in [1.165, 1.54) is 30.5 Å². The van der Waals surface area contributed by atoms with Crippen molar-refractivity contribution in [1.29, 1.82) is 0 Å². The molecule has 4 N–H and O–H groups in total. The molecule has 5 heterocycles. The molecule has 3 aromatic carbocycles. The molecule has 1 unspecified atom stereocenters. The minimum absolute atomic E-state index is 0.00747. The first kappa shape index (κ1) is 40.7. The summed E-state index contributed by atoms with van der Waals surface area (Å²) in [7, 11) is 0. The average Bonchev–Trinajstić information content (AvgIpc) is 4.00. The second-order valence-electron chi connectivity index (χ2n) is 17.4. The summed E-state index contributed by atoms with van der Waals surface area (Å²) >= 11 is 0. The highest BCUT2D eigenvalue weighted by atomic mass is 19.1. The number of nitrogens with one attached hydrogen (secondary N) is 2. The number of hydrogen-bond donors (Lipinski definition) is 4. The number of aromatic nitrogens is 3. The number of nitrogens with zero attached hydrogens (tertiary/aromatic N) is 6. The zero-order chi connectivity index (χ0) is 42.6. The first-order valence-electron chi connectivity index (χ1n) is 21.1. The van der Waals surface area contributed by atoms with Gasteiger partial charge in [-0.3, -0.25) is 24.8 Å². The van der Waals surface area contributed by atoms with Crippen molar-refractivity contribution in [2.75, 3.05) is 67.5 Å². The van der Waals surface area contributed by atoms with Crippen molar-refractivity contribution >= 4 is 50.7 Å². The molecule has 4 aliphatic rings. The van der Waals surface area contributed by atoms with Gasteiger partial charge in [-0.05, 0) is 98.2 Å². The smallest absolute Gasteiger partial charge is 0.319 e. The lowest BCUT2D eigenvalue weighted by atomic mass is 9.94.